The van der Waals surface area contributed by atoms with E-state index in [4.69, 9.17) is 0 Å². The van der Waals surface area contributed by atoms with E-state index in [0.29, 0.717) is 12.8 Å². The number of hydrogen-bond donors (Lipinski definition) is 0. The molecule has 1 saturated heterocycles. The third-order valence-electron chi connectivity index (χ3n) is 5.05. The lowest BCUT2D eigenvalue weighted by molar-refractivity contribution is -0.133. The maximum absolute atomic E-state index is 12.6. The molecule has 1 aliphatic rings. The lowest BCUT2D eigenvalue weighted by Gasteiger charge is -2.34. The van der Waals surface area contributed by atoms with E-state index in [0.717, 1.165) is 49.0 Å². The third kappa shape index (κ3) is 4.82. The second-order valence-electron chi connectivity index (χ2n) is 7.02. The molecule has 1 amide bonds. The molecule has 3 aromatic rings. The van der Waals surface area contributed by atoms with Crippen molar-refractivity contribution < 1.29 is 4.79 Å². The van der Waals surface area contributed by atoms with Crippen molar-refractivity contribution in [3.05, 3.63) is 71.5 Å². The number of pyridine rings is 1. The van der Waals surface area contributed by atoms with Gasteiger partial charge in [0, 0.05) is 62.5 Å². The molecule has 0 atom stereocenters. The first-order valence-electron chi connectivity index (χ1n) is 9.67. The summed E-state index contributed by atoms with van der Waals surface area (Å²) >= 11 is 1.62. The summed E-state index contributed by atoms with van der Waals surface area (Å²) in [6.45, 7) is 4.45. The Kier molecular flexibility index (Phi) is 6.09. The molecule has 1 fully saturated rings. The molecular formula is C22H24N4OS. The first-order chi connectivity index (χ1) is 13.8. The lowest BCUT2D eigenvalue weighted by atomic mass is 10.2. The van der Waals surface area contributed by atoms with Crippen molar-refractivity contribution in [3.63, 3.8) is 0 Å². The van der Waals surface area contributed by atoms with Crippen molar-refractivity contribution in [1.29, 1.82) is 0 Å². The minimum absolute atomic E-state index is 0.234. The average Bonchev–Trinajstić information content (AvgIpc) is 3.23. The molecule has 1 aromatic carbocycles. The molecule has 5 nitrogen and oxygen atoms in total. The van der Waals surface area contributed by atoms with Crippen LogP contribution in [-0.4, -0.2) is 51.9 Å². The van der Waals surface area contributed by atoms with Crippen LogP contribution in [0.3, 0.4) is 0 Å². The second-order valence-corrected chi connectivity index (χ2v) is 7.88. The fourth-order valence-electron chi connectivity index (χ4n) is 3.44. The van der Waals surface area contributed by atoms with Gasteiger partial charge in [-0.3, -0.25) is 14.7 Å². The smallest absolute Gasteiger partial charge is 0.223 e. The number of rotatable bonds is 6. The summed E-state index contributed by atoms with van der Waals surface area (Å²) in [6, 6.07) is 14.4. The molecule has 1 aliphatic heterocycles. The van der Waals surface area contributed by atoms with Gasteiger partial charge in [0.1, 0.15) is 5.01 Å². The zero-order valence-electron chi connectivity index (χ0n) is 15.8. The summed E-state index contributed by atoms with van der Waals surface area (Å²) in [5, 5.41) is 3.04. The Morgan fingerprint density at radius 3 is 2.50 bits per heavy atom. The van der Waals surface area contributed by atoms with Crippen LogP contribution in [0.25, 0.3) is 10.6 Å². The molecule has 28 heavy (non-hydrogen) atoms. The normalized spacial score (nSPS) is 14.9. The Balaban J connectivity index is 1.23. The van der Waals surface area contributed by atoms with Crippen LogP contribution in [0.5, 0.6) is 0 Å². The maximum atomic E-state index is 12.6. The number of benzene rings is 1. The summed E-state index contributed by atoms with van der Waals surface area (Å²) < 4.78 is 0. The fraction of sp³-hybridized carbons (Fsp3) is 0.318. The standard InChI is InChI=1S/C22H24N4OS/c27-21(7-6-20-17-28-22(24-20)19-8-10-23-11-9-19)26-14-12-25(13-15-26)16-18-4-2-1-3-5-18/h1-5,8-11,17H,6-7,12-16H2. The highest BCUT2D eigenvalue weighted by atomic mass is 32.1. The SMILES string of the molecule is O=C(CCc1csc(-c2ccncc2)n1)N1CCN(Cc2ccccc2)CC1. The van der Waals surface area contributed by atoms with Crippen molar-refractivity contribution in [1.82, 2.24) is 19.8 Å². The van der Waals surface area contributed by atoms with Gasteiger partial charge in [-0.15, -0.1) is 11.3 Å². The first kappa shape index (κ1) is 18.8. The van der Waals surface area contributed by atoms with Crippen LogP contribution in [0.4, 0.5) is 0 Å². The minimum atomic E-state index is 0.234. The quantitative estimate of drug-likeness (QED) is 0.644. The van der Waals surface area contributed by atoms with Crippen molar-refractivity contribution in [3.8, 4) is 10.6 Å². The Morgan fingerprint density at radius 2 is 1.75 bits per heavy atom. The van der Waals surface area contributed by atoms with Crippen LogP contribution < -0.4 is 0 Å². The van der Waals surface area contributed by atoms with Gasteiger partial charge in [0.25, 0.3) is 0 Å². The van der Waals surface area contributed by atoms with Crippen molar-refractivity contribution in [2.24, 2.45) is 0 Å². The van der Waals surface area contributed by atoms with Crippen molar-refractivity contribution >= 4 is 17.2 Å². The van der Waals surface area contributed by atoms with E-state index in [1.54, 1.807) is 23.7 Å². The van der Waals surface area contributed by atoms with E-state index in [9.17, 15) is 4.79 Å². The van der Waals surface area contributed by atoms with E-state index < -0.39 is 0 Å². The van der Waals surface area contributed by atoms with Crippen molar-refractivity contribution in [2.45, 2.75) is 19.4 Å². The van der Waals surface area contributed by atoms with Gasteiger partial charge in [0.2, 0.25) is 5.91 Å². The Labute approximate surface area is 169 Å². The summed E-state index contributed by atoms with van der Waals surface area (Å²) in [7, 11) is 0. The highest BCUT2D eigenvalue weighted by Gasteiger charge is 2.21. The molecule has 0 saturated carbocycles. The van der Waals surface area contributed by atoms with Gasteiger partial charge in [-0.1, -0.05) is 30.3 Å². The second kappa shape index (κ2) is 9.08. The van der Waals surface area contributed by atoms with Gasteiger partial charge in [-0.2, -0.15) is 0 Å². The van der Waals surface area contributed by atoms with Gasteiger partial charge in [-0.05, 0) is 24.1 Å². The highest BCUT2D eigenvalue weighted by Crippen LogP contribution is 2.23. The molecule has 0 radical (unpaired) electrons. The van der Waals surface area contributed by atoms with E-state index in [2.05, 4.69) is 44.5 Å². The number of aryl methyl sites for hydroxylation is 1. The topological polar surface area (TPSA) is 49.3 Å². The molecule has 4 rings (SSSR count). The van der Waals surface area contributed by atoms with E-state index in [1.165, 1.54) is 5.56 Å². The van der Waals surface area contributed by atoms with Crippen LogP contribution >= 0.6 is 11.3 Å². The van der Waals surface area contributed by atoms with Crippen molar-refractivity contribution in [2.75, 3.05) is 26.2 Å². The fourth-order valence-corrected chi connectivity index (χ4v) is 4.30. The predicted molar refractivity (Wildman–Crippen MR) is 112 cm³/mol. The monoisotopic (exact) mass is 392 g/mol. The van der Waals surface area contributed by atoms with Gasteiger partial charge >= 0.3 is 0 Å². The highest BCUT2D eigenvalue weighted by molar-refractivity contribution is 7.13. The Bertz CT molecular complexity index is 889. The first-order valence-corrected chi connectivity index (χ1v) is 10.5. The largest absolute Gasteiger partial charge is 0.340 e. The molecule has 0 spiro atoms. The van der Waals surface area contributed by atoms with E-state index >= 15 is 0 Å². The zero-order chi connectivity index (χ0) is 19.2. The number of nitrogens with zero attached hydrogens (tertiary/aromatic N) is 4. The molecular weight excluding hydrogens is 368 g/mol. The van der Waals surface area contributed by atoms with Crippen LogP contribution in [0.1, 0.15) is 17.7 Å². The molecule has 6 heteroatoms. The average molecular weight is 393 g/mol. The third-order valence-corrected chi connectivity index (χ3v) is 5.99. The summed E-state index contributed by atoms with van der Waals surface area (Å²) in [4.78, 5) is 25.7. The Hall–Kier alpha value is -2.57. The number of carbonyl (C=O) groups excluding carboxylic acids is 1. The number of amides is 1. The molecule has 0 bridgehead atoms. The number of thiazole rings is 1. The maximum Gasteiger partial charge on any atom is 0.223 e. The van der Waals surface area contributed by atoms with E-state index in [-0.39, 0.29) is 5.91 Å². The predicted octanol–water partition coefficient (Wildman–Crippen LogP) is 3.48. The molecule has 0 unspecified atom stereocenters. The Morgan fingerprint density at radius 1 is 1.00 bits per heavy atom. The molecule has 144 valence electrons. The molecule has 0 aliphatic carbocycles. The zero-order valence-corrected chi connectivity index (χ0v) is 16.6. The van der Waals surface area contributed by atoms with Gasteiger partial charge < -0.3 is 4.90 Å². The number of piperazine rings is 1. The minimum Gasteiger partial charge on any atom is -0.340 e. The summed E-state index contributed by atoms with van der Waals surface area (Å²) in [6.07, 6.45) is 4.78. The number of hydrogen-bond acceptors (Lipinski definition) is 5. The molecule has 2 aromatic heterocycles. The summed E-state index contributed by atoms with van der Waals surface area (Å²) in [5.41, 5.74) is 3.40. The van der Waals surface area contributed by atoms with Crippen LogP contribution in [-0.2, 0) is 17.8 Å². The number of aromatic nitrogens is 2. The van der Waals surface area contributed by atoms with Gasteiger partial charge in [0.15, 0.2) is 0 Å². The van der Waals surface area contributed by atoms with Crippen LogP contribution in [0.2, 0.25) is 0 Å². The van der Waals surface area contributed by atoms with Gasteiger partial charge in [0.05, 0.1) is 5.69 Å². The van der Waals surface area contributed by atoms with Crippen LogP contribution in [0, 0.1) is 0 Å². The van der Waals surface area contributed by atoms with Gasteiger partial charge in [-0.25, -0.2) is 4.98 Å². The summed E-state index contributed by atoms with van der Waals surface area (Å²) in [5.74, 6) is 0.234. The van der Waals surface area contributed by atoms with E-state index in [1.807, 2.05) is 23.1 Å². The number of carbonyl (C=O) groups is 1. The van der Waals surface area contributed by atoms with Crippen LogP contribution in [0.15, 0.2) is 60.2 Å². The lowest BCUT2D eigenvalue weighted by Crippen LogP contribution is -2.48. The molecule has 0 N–H and O–H groups in total. The molecule has 3 heterocycles.